The smallest absolute Gasteiger partial charge is 0.330 e. The molecule has 2 rings (SSSR count). The molecule has 0 N–H and O–H groups in total. The van der Waals surface area contributed by atoms with E-state index in [1.54, 1.807) is 20.1 Å². The van der Waals surface area contributed by atoms with Crippen LogP contribution in [0.2, 0.25) is 0 Å². The molecule has 0 heterocycles. The van der Waals surface area contributed by atoms with Gasteiger partial charge in [-0.3, -0.25) is 0 Å². The fraction of sp³-hybridized carbons (Fsp3) is 0.381. The molecule has 26 heavy (non-hydrogen) atoms. The number of rotatable bonds is 9. The Hall–Kier alpha value is -2.53. The molecule has 0 amide bonds. The predicted molar refractivity (Wildman–Crippen MR) is 103 cm³/mol. The fourth-order valence-electron chi connectivity index (χ4n) is 2.82. The lowest BCUT2D eigenvalue weighted by molar-refractivity contribution is -0.137. The number of methoxy groups -OCH3 is 1. The Bertz CT molecular complexity index is 780. The lowest BCUT2D eigenvalue weighted by atomic mass is 9.96. The van der Waals surface area contributed by atoms with Crippen LogP contribution in [0.3, 0.4) is 0 Å². The Morgan fingerprint density at radius 3 is 2.58 bits per heavy atom. The van der Waals surface area contributed by atoms with Crippen molar-refractivity contribution in [2.75, 3.05) is 27.1 Å². The third kappa shape index (κ3) is 4.55. The van der Waals surface area contributed by atoms with Crippen LogP contribution < -0.4 is 9.47 Å². The van der Waals surface area contributed by atoms with Gasteiger partial charge in [-0.15, -0.1) is 0 Å². The first kappa shape index (κ1) is 19.8. The van der Waals surface area contributed by atoms with Gasteiger partial charge in [0.25, 0.3) is 0 Å². The molecular weight excluding hydrogens is 332 g/mol. The van der Waals surface area contributed by atoms with Crippen molar-refractivity contribution < 1.29 is 23.7 Å². The van der Waals surface area contributed by atoms with Crippen LogP contribution in [0.5, 0.6) is 11.5 Å². The van der Waals surface area contributed by atoms with Crippen molar-refractivity contribution in [3.05, 3.63) is 41.5 Å². The summed E-state index contributed by atoms with van der Waals surface area (Å²) in [6, 6.07) is 7.96. The molecule has 5 heteroatoms. The molecular formula is C21H26O5. The highest BCUT2D eigenvalue weighted by atomic mass is 16.7. The third-order valence-electron chi connectivity index (χ3n) is 3.89. The molecule has 0 aliphatic carbocycles. The lowest BCUT2D eigenvalue weighted by Gasteiger charge is -2.18. The molecule has 0 aliphatic heterocycles. The average molecular weight is 358 g/mol. The van der Waals surface area contributed by atoms with E-state index >= 15 is 0 Å². The van der Waals surface area contributed by atoms with E-state index in [2.05, 4.69) is 13.0 Å². The zero-order chi connectivity index (χ0) is 18.9. The van der Waals surface area contributed by atoms with E-state index in [9.17, 15) is 4.79 Å². The topological polar surface area (TPSA) is 54.0 Å². The number of hydrogen-bond acceptors (Lipinski definition) is 5. The fourth-order valence-corrected chi connectivity index (χ4v) is 2.82. The molecule has 0 saturated heterocycles. The van der Waals surface area contributed by atoms with Gasteiger partial charge in [-0.05, 0) is 48.9 Å². The van der Waals surface area contributed by atoms with E-state index < -0.39 is 0 Å². The van der Waals surface area contributed by atoms with Crippen LogP contribution in [0.25, 0.3) is 16.8 Å². The Morgan fingerprint density at radius 2 is 1.92 bits per heavy atom. The second-order valence-corrected chi connectivity index (χ2v) is 5.56. The van der Waals surface area contributed by atoms with Crippen molar-refractivity contribution in [2.45, 2.75) is 27.2 Å². The highest BCUT2D eigenvalue weighted by Gasteiger charge is 2.16. The standard InChI is InChI=1S/C21H26O5/c1-5-15-9-8-10-17-16(11-12-19(22)25-7-3)13-18(24-6-2)21(20(15)17)26-14-23-4/h8-13H,5-7,14H2,1-4H3/b12-11+. The third-order valence-corrected chi connectivity index (χ3v) is 3.89. The number of hydrogen-bond donors (Lipinski definition) is 0. The van der Waals surface area contributed by atoms with Gasteiger partial charge in [-0.2, -0.15) is 0 Å². The maximum absolute atomic E-state index is 11.7. The summed E-state index contributed by atoms with van der Waals surface area (Å²) in [6.45, 7) is 6.78. The van der Waals surface area contributed by atoms with Crippen LogP contribution in [-0.4, -0.2) is 33.1 Å². The zero-order valence-corrected chi connectivity index (χ0v) is 15.8. The summed E-state index contributed by atoms with van der Waals surface area (Å²) in [5.41, 5.74) is 2.01. The van der Waals surface area contributed by atoms with Gasteiger partial charge in [-0.1, -0.05) is 25.1 Å². The minimum absolute atomic E-state index is 0.130. The van der Waals surface area contributed by atoms with E-state index in [1.807, 2.05) is 25.1 Å². The summed E-state index contributed by atoms with van der Waals surface area (Å²) >= 11 is 0. The van der Waals surface area contributed by atoms with E-state index in [0.29, 0.717) is 24.7 Å². The van der Waals surface area contributed by atoms with Crippen molar-refractivity contribution in [2.24, 2.45) is 0 Å². The molecule has 2 aromatic rings. The molecule has 0 fully saturated rings. The largest absolute Gasteiger partial charge is 0.490 e. The van der Waals surface area contributed by atoms with Gasteiger partial charge in [0.15, 0.2) is 18.3 Å². The summed E-state index contributed by atoms with van der Waals surface area (Å²) < 4.78 is 21.7. The average Bonchev–Trinajstić information content (AvgIpc) is 2.65. The van der Waals surface area contributed by atoms with Gasteiger partial charge in [0, 0.05) is 18.6 Å². The van der Waals surface area contributed by atoms with Crippen LogP contribution >= 0.6 is 0 Å². The Kier molecular flexibility index (Phi) is 7.48. The SMILES string of the molecule is CCOC(=O)/C=C/c1cc(OCC)c(OCOC)c2c(CC)cccc12. The van der Waals surface area contributed by atoms with Crippen molar-refractivity contribution >= 4 is 22.8 Å². The molecule has 0 aliphatic rings. The molecule has 0 spiro atoms. The summed E-state index contributed by atoms with van der Waals surface area (Å²) in [6.07, 6.45) is 4.03. The number of benzene rings is 2. The predicted octanol–water partition coefficient (Wildman–Crippen LogP) is 4.36. The van der Waals surface area contributed by atoms with Crippen LogP contribution in [0.15, 0.2) is 30.3 Å². The second kappa shape index (κ2) is 9.82. The number of aryl methyl sites for hydroxylation is 1. The maximum atomic E-state index is 11.7. The van der Waals surface area contributed by atoms with Crippen molar-refractivity contribution in [1.29, 1.82) is 0 Å². The maximum Gasteiger partial charge on any atom is 0.330 e. The summed E-state index contributed by atoms with van der Waals surface area (Å²) in [5.74, 6) is 0.917. The molecule has 140 valence electrons. The number of carbonyl (C=O) groups excluding carboxylic acids is 1. The first-order valence-corrected chi connectivity index (χ1v) is 8.84. The first-order chi connectivity index (χ1) is 12.7. The summed E-state index contributed by atoms with van der Waals surface area (Å²) in [7, 11) is 1.58. The minimum Gasteiger partial charge on any atom is -0.490 e. The van der Waals surface area contributed by atoms with Crippen molar-refractivity contribution in [3.63, 3.8) is 0 Å². The van der Waals surface area contributed by atoms with Crippen molar-refractivity contribution in [3.8, 4) is 11.5 Å². The lowest BCUT2D eigenvalue weighted by Crippen LogP contribution is -2.04. The highest BCUT2D eigenvalue weighted by molar-refractivity contribution is 6.01. The molecule has 0 bridgehead atoms. The number of fused-ring (bicyclic) bond motifs is 1. The van der Waals surface area contributed by atoms with Gasteiger partial charge in [0.1, 0.15) is 0 Å². The van der Waals surface area contributed by atoms with Crippen LogP contribution in [-0.2, 0) is 20.7 Å². The van der Waals surface area contributed by atoms with Gasteiger partial charge >= 0.3 is 5.97 Å². The molecule has 2 aromatic carbocycles. The van der Waals surface area contributed by atoms with E-state index in [-0.39, 0.29) is 12.8 Å². The van der Waals surface area contributed by atoms with Gasteiger partial charge in [0.2, 0.25) is 0 Å². The van der Waals surface area contributed by atoms with Gasteiger partial charge < -0.3 is 18.9 Å². The summed E-state index contributed by atoms with van der Waals surface area (Å²) in [4.78, 5) is 11.7. The quantitative estimate of drug-likeness (QED) is 0.379. The molecule has 0 saturated carbocycles. The number of carbonyl (C=O) groups is 1. The van der Waals surface area contributed by atoms with Crippen LogP contribution in [0.1, 0.15) is 31.9 Å². The molecule has 0 unspecified atom stereocenters. The highest BCUT2D eigenvalue weighted by Crippen LogP contribution is 2.41. The molecule has 0 atom stereocenters. The second-order valence-electron chi connectivity index (χ2n) is 5.56. The Labute approximate surface area is 154 Å². The van der Waals surface area contributed by atoms with Gasteiger partial charge in [0.05, 0.1) is 13.2 Å². The number of ether oxygens (including phenoxy) is 4. The van der Waals surface area contributed by atoms with Crippen molar-refractivity contribution in [1.82, 2.24) is 0 Å². The molecule has 0 aromatic heterocycles. The first-order valence-electron chi connectivity index (χ1n) is 8.84. The van der Waals surface area contributed by atoms with E-state index in [0.717, 1.165) is 28.3 Å². The van der Waals surface area contributed by atoms with Crippen LogP contribution in [0.4, 0.5) is 0 Å². The Balaban J connectivity index is 2.67. The Morgan fingerprint density at radius 1 is 1.12 bits per heavy atom. The van der Waals surface area contributed by atoms with Crippen LogP contribution in [0, 0.1) is 0 Å². The van der Waals surface area contributed by atoms with Gasteiger partial charge in [-0.25, -0.2) is 4.79 Å². The minimum atomic E-state index is -0.370. The number of esters is 1. The molecule has 0 radical (unpaired) electrons. The van der Waals surface area contributed by atoms with E-state index in [1.165, 1.54) is 6.08 Å². The normalized spacial score (nSPS) is 11.1. The summed E-state index contributed by atoms with van der Waals surface area (Å²) in [5, 5.41) is 1.96. The zero-order valence-electron chi connectivity index (χ0n) is 15.8. The molecule has 5 nitrogen and oxygen atoms in total. The van der Waals surface area contributed by atoms with E-state index in [4.69, 9.17) is 18.9 Å². The monoisotopic (exact) mass is 358 g/mol.